The van der Waals surface area contributed by atoms with Gasteiger partial charge in [-0.2, -0.15) is 0 Å². The first-order valence-corrected chi connectivity index (χ1v) is 6.04. The van der Waals surface area contributed by atoms with Gasteiger partial charge in [-0.25, -0.2) is 0 Å². The average Bonchev–Trinajstić information content (AvgIpc) is 2.30. The molecule has 3 nitrogen and oxygen atoms in total. The van der Waals surface area contributed by atoms with Crippen LogP contribution in [0.5, 0.6) is 0 Å². The van der Waals surface area contributed by atoms with Crippen LogP contribution in [0, 0.1) is 0 Å². The summed E-state index contributed by atoms with van der Waals surface area (Å²) in [5.74, 6) is -0.0421. The number of amides is 1. The summed E-state index contributed by atoms with van der Waals surface area (Å²) in [5.41, 5.74) is 1.04. The summed E-state index contributed by atoms with van der Waals surface area (Å²) in [7, 11) is 1.74. The molecule has 0 spiro atoms. The van der Waals surface area contributed by atoms with Gasteiger partial charge >= 0.3 is 0 Å². The van der Waals surface area contributed by atoms with E-state index in [1.807, 2.05) is 37.3 Å². The highest BCUT2D eigenvalue weighted by atomic mass is 16.3. The number of benzene rings is 1. The zero-order chi connectivity index (χ0) is 12.8. The van der Waals surface area contributed by atoms with Crippen molar-refractivity contribution >= 4 is 5.91 Å². The van der Waals surface area contributed by atoms with E-state index in [0.29, 0.717) is 6.54 Å². The lowest BCUT2D eigenvalue weighted by molar-refractivity contribution is -0.132. The Bertz CT molecular complexity index is 348. The molecule has 0 heterocycles. The zero-order valence-electron chi connectivity index (χ0n) is 10.8. The Hall–Kier alpha value is -1.35. The minimum Gasteiger partial charge on any atom is -0.392 e. The van der Waals surface area contributed by atoms with Crippen LogP contribution in [0.3, 0.4) is 0 Å². The summed E-state index contributed by atoms with van der Waals surface area (Å²) in [5, 5.41) is 9.30. The standard InChI is InChI=1S/C14H21NO2/c1-4-13(12-8-6-5-7-9-12)14(17)15(3)10-11(2)16/h5-9,11,13,16H,4,10H2,1-3H3. The van der Waals surface area contributed by atoms with Gasteiger partial charge in [-0.15, -0.1) is 0 Å². The van der Waals surface area contributed by atoms with Gasteiger partial charge < -0.3 is 10.0 Å². The van der Waals surface area contributed by atoms with E-state index in [0.717, 1.165) is 12.0 Å². The molecular formula is C14H21NO2. The number of nitrogens with zero attached hydrogens (tertiary/aromatic N) is 1. The highest BCUT2D eigenvalue weighted by Crippen LogP contribution is 2.21. The third-order valence-electron chi connectivity index (χ3n) is 2.82. The van der Waals surface area contributed by atoms with Crippen molar-refractivity contribution in [1.82, 2.24) is 4.90 Å². The SMILES string of the molecule is CCC(C(=O)N(C)CC(C)O)c1ccccc1. The fourth-order valence-corrected chi connectivity index (χ4v) is 1.99. The maximum absolute atomic E-state index is 12.2. The summed E-state index contributed by atoms with van der Waals surface area (Å²) in [6.07, 6.45) is 0.282. The Morgan fingerprint density at radius 1 is 1.35 bits per heavy atom. The smallest absolute Gasteiger partial charge is 0.229 e. The van der Waals surface area contributed by atoms with Crippen LogP contribution >= 0.6 is 0 Å². The van der Waals surface area contributed by atoms with E-state index in [1.54, 1.807) is 18.9 Å². The molecule has 1 amide bonds. The minimum absolute atomic E-state index is 0.0691. The molecule has 2 atom stereocenters. The normalized spacial score (nSPS) is 14.1. The number of aliphatic hydroxyl groups is 1. The lowest BCUT2D eigenvalue weighted by Crippen LogP contribution is -2.36. The van der Waals surface area contributed by atoms with Gasteiger partial charge in [0.15, 0.2) is 0 Å². The topological polar surface area (TPSA) is 40.5 Å². The molecule has 0 fully saturated rings. The number of hydrogen-bond donors (Lipinski definition) is 1. The van der Waals surface area contributed by atoms with Crippen LogP contribution in [0.1, 0.15) is 31.7 Å². The zero-order valence-corrected chi connectivity index (χ0v) is 10.8. The van der Waals surface area contributed by atoms with Crippen molar-refractivity contribution in [2.24, 2.45) is 0 Å². The van der Waals surface area contributed by atoms with Crippen molar-refractivity contribution in [2.75, 3.05) is 13.6 Å². The Morgan fingerprint density at radius 2 is 1.94 bits per heavy atom. The van der Waals surface area contributed by atoms with Crippen molar-refractivity contribution in [3.8, 4) is 0 Å². The fraction of sp³-hybridized carbons (Fsp3) is 0.500. The summed E-state index contributed by atoms with van der Waals surface area (Å²) in [6.45, 7) is 4.07. The fourth-order valence-electron chi connectivity index (χ4n) is 1.99. The van der Waals surface area contributed by atoms with Crippen LogP contribution in [-0.4, -0.2) is 35.6 Å². The summed E-state index contributed by atoms with van der Waals surface area (Å²) in [4.78, 5) is 13.8. The molecule has 2 unspecified atom stereocenters. The van der Waals surface area contributed by atoms with Crippen LogP contribution in [0.15, 0.2) is 30.3 Å². The lowest BCUT2D eigenvalue weighted by atomic mass is 9.95. The van der Waals surface area contributed by atoms with Crippen molar-refractivity contribution in [2.45, 2.75) is 32.3 Å². The molecule has 17 heavy (non-hydrogen) atoms. The molecule has 1 N–H and O–H groups in total. The third-order valence-corrected chi connectivity index (χ3v) is 2.82. The molecule has 0 aliphatic rings. The molecule has 0 bridgehead atoms. The highest BCUT2D eigenvalue weighted by molar-refractivity contribution is 5.83. The molecule has 3 heteroatoms. The van der Waals surface area contributed by atoms with Gasteiger partial charge in [0.25, 0.3) is 0 Å². The largest absolute Gasteiger partial charge is 0.392 e. The van der Waals surface area contributed by atoms with E-state index in [4.69, 9.17) is 0 Å². The molecule has 0 saturated heterocycles. The Morgan fingerprint density at radius 3 is 2.41 bits per heavy atom. The molecule has 1 rings (SSSR count). The van der Waals surface area contributed by atoms with Gasteiger partial charge in [-0.3, -0.25) is 4.79 Å². The van der Waals surface area contributed by atoms with Crippen LogP contribution in [0.25, 0.3) is 0 Å². The number of carbonyl (C=O) groups excluding carboxylic acids is 1. The van der Waals surface area contributed by atoms with Crippen LogP contribution in [-0.2, 0) is 4.79 Å². The first-order valence-electron chi connectivity index (χ1n) is 6.04. The number of carbonyl (C=O) groups is 1. The van der Waals surface area contributed by atoms with Gasteiger partial charge in [-0.1, -0.05) is 37.3 Å². The maximum Gasteiger partial charge on any atom is 0.229 e. The minimum atomic E-state index is -0.489. The average molecular weight is 235 g/mol. The van der Waals surface area contributed by atoms with Gasteiger partial charge in [0.2, 0.25) is 5.91 Å². The van der Waals surface area contributed by atoms with E-state index in [9.17, 15) is 9.90 Å². The predicted molar refractivity (Wildman–Crippen MR) is 68.8 cm³/mol. The molecule has 0 radical (unpaired) electrons. The van der Waals surface area contributed by atoms with Gasteiger partial charge in [0.05, 0.1) is 12.0 Å². The Labute approximate surface area is 103 Å². The van der Waals surface area contributed by atoms with Gasteiger partial charge in [0.1, 0.15) is 0 Å². The first kappa shape index (κ1) is 13.7. The first-order chi connectivity index (χ1) is 8.06. The van der Waals surface area contributed by atoms with Crippen LogP contribution in [0.4, 0.5) is 0 Å². The molecule has 0 aromatic heterocycles. The quantitative estimate of drug-likeness (QED) is 0.848. The van der Waals surface area contributed by atoms with Crippen molar-refractivity contribution in [1.29, 1.82) is 0 Å². The maximum atomic E-state index is 12.2. The van der Waals surface area contributed by atoms with E-state index in [1.165, 1.54) is 0 Å². The number of rotatable bonds is 5. The number of hydrogen-bond acceptors (Lipinski definition) is 2. The summed E-state index contributed by atoms with van der Waals surface area (Å²) < 4.78 is 0. The second-order valence-corrected chi connectivity index (χ2v) is 4.44. The van der Waals surface area contributed by atoms with E-state index in [2.05, 4.69) is 0 Å². The summed E-state index contributed by atoms with van der Waals surface area (Å²) >= 11 is 0. The molecule has 94 valence electrons. The molecule has 0 aliphatic carbocycles. The number of aliphatic hydroxyl groups excluding tert-OH is 1. The highest BCUT2D eigenvalue weighted by Gasteiger charge is 2.22. The van der Waals surface area contributed by atoms with Crippen molar-refractivity contribution in [3.63, 3.8) is 0 Å². The number of likely N-dealkylation sites (N-methyl/N-ethyl adjacent to an activating group) is 1. The predicted octanol–water partition coefficient (Wildman–Crippen LogP) is 2.02. The van der Waals surface area contributed by atoms with Gasteiger partial charge in [-0.05, 0) is 18.9 Å². The molecule has 0 saturated carbocycles. The second kappa shape index (κ2) is 6.40. The Kier molecular flexibility index (Phi) is 5.16. The monoisotopic (exact) mass is 235 g/mol. The van der Waals surface area contributed by atoms with Crippen molar-refractivity contribution < 1.29 is 9.90 Å². The summed E-state index contributed by atoms with van der Waals surface area (Å²) in [6, 6.07) is 9.78. The molecule has 0 aliphatic heterocycles. The van der Waals surface area contributed by atoms with E-state index in [-0.39, 0.29) is 11.8 Å². The molecule has 1 aromatic carbocycles. The molecular weight excluding hydrogens is 214 g/mol. The third kappa shape index (κ3) is 3.86. The second-order valence-electron chi connectivity index (χ2n) is 4.44. The Balaban J connectivity index is 2.78. The van der Waals surface area contributed by atoms with E-state index < -0.39 is 6.10 Å². The lowest BCUT2D eigenvalue weighted by Gasteiger charge is -2.24. The molecule has 1 aromatic rings. The van der Waals surface area contributed by atoms with Gasteiger partial charge in [0, 0.05) is 13.6 Å². The van der Waals surface area contributed by atoms with Crippen LogP contribution in [0.2, 0.25) is 0 Å². The van der Waals surface area contributed by atoms with E-state index >= 15 is 0 Å². The van der Waals surface area contributed by atoms with Crippen LogP contribution < -0.4 is 0 Å². The van der Waals surface area contributed by atoms with Crippen molar-refractivity contribution in [3.05, 3.63) is 35.9 Å².